The van der Waals surface area contributed by atoms with E-state index >= 15 is 0 Å². The molecule has 134 valence electrons. The summed E-state index contributed by atoms with van der Waals surface area (Å²) in [6.07, 6.45) is 12.6. The zero-order valence-electron chi connectivity index (χ0n) is 15.6. The van der Waals surface area contributed by atoms with Crippen LogP contribution in [0, 0.1) is 0 Å². The number of nitrogens with zero attached hydrogens (tertiary/aromatic N) is 3. The highest BCUT2D eigenvalue weighted by atomic mass is 32.2. The van der Waals surface area contributed by atoms with Crippen molar-refractivity contribution >= 4 is 29.6 Å². The molecule has 5 heteroatoms. The molecule has 2 aromatic heterocycles. The lowest BCUT2D eigenvalue weighted by atomic mass is 10.1. The van der Waals surface area contributed by atoms with E-state index in [2.05, 4.69) is 102 Å². The van der Waals surface area contributed by atoms with Crippen LogP contribution in [0.4, 0.5) is 5.69 Å². The molecule has 26 heavy (non-hydrogen) atoms. The fraction of sp³-hybridized carbons (Fsp3) is 0.238. The minimum atomic E-state index is 0.937. The quantitative estimate of drug-likeness (QED) is 0.395. The van der Waals surface area contributed by atoms with Crippen LogP contribution in [0.15, 0.2) is 66.3 Å². The van der Waals surface area contributed by atoms with Crippen LogP contribution in [-0.4, -0.2) is 16.9 Å². The molecule has 0 bridgehead atoms. The monoisotopic (exact) mass is 366 g/mol. The van der Waals surface area contributed by atoms with Gasteiger partial charge in [-0.25, -0.2) is 13.7 Å². The van der Waals surface area contributed by atoms with E-state index in [1.165, 1.54) is 16.3 Å². The summed E-state index contributed by atoms with van der Waals surface area (Å²) in [5.41, 5.74) is 3.57. The van der Waals surface area contributed by atoms with E-state index < -0.39 is 0 Å². The molecule has 0 aliphatic rings. The first-order valence-electron chi connectivity index (χ1n) is 8.73. The van der Waals surface area contributed by atoms with Gasteiger partial charge in [-0.3, -0.25) is 0 Å². The second-order valence-corrected chi connectivity index (χ2v) is 7.39. The van der Waals surface area contributed by atoms with E-state index in [9.17, 15) is 0 Å². The van der Waals surface area contributed by atoms with Crippen molar-refractivity contribution in [2.75, 3.05) is 17.6 Å². The molecule has 4 nitrogen and oxygen atoms in total. The van der Waals surface area contributed by atoms with Crippen LogP contribution >= 0.6 is 11.8 Å². The van der Waals surface area contributed by atoms with Gasteiger partial charge in [0.15, 0.2) is 12.4 Å². The summed E-state index contributed by atoms with van der Waals surface area (Å²) in [4.78, 5) is 0. The van der Waals surface area contributed by atoms with Gasteiger partial charge in [0.25, 0.3) is 0 Å². The molecule has 2 heterocycles. The number of pyridine rings is 1. The molecular weight excluding hydrogens is 340 g/mol. The van der Waals surface area contributed by atoms with Crippen molar-refractivity contribution in [3.8, 4) is 0 Å². The van der Waals surface area contributed by atoms with Crippen LogP contribution in [-0.2, 0) is 21.1 Å². The molecule has 0 saturated carbocycles. The third-order valence-electron chi connectivity index (χ3n) is 4.16. The standard InChI is InChI=1S/C21H25N4S/c1-23-13-10-19(11-14-23)5-4-18-6-8-20(9-7-18)22-12-17-26-21-24(2)15-16-25(21)3/h4-11,13-16H,12,17H2,1-3H3/q+1/p+1. The molecule has 3 aromatic rings. The highest BCUT2D eigenvalue weighted by Crippen LogP contribution is 2.15. The van der Waals surface area contributed by atoms with E-state index in [1.54, 1.807) is 0 Å². The maximum atomic E-state index is 3.49. The van der Waals surface area contributed by atoms with Crippen molar-refractivity contribution in [3.05, 3.63) is 72.3 Å². The van der Waals surface area contributed by atoms with Crippen LogP contribution in [0.3, 0.4) is 0 Å². The summed E-state index contributed by atoms with van der Waals surface area (Å²) in [7, 11) is 6.19. The van der Waals surface area contributed by atoms with Crippen molar-refractivity contribution in [2.45, 2.75) is 5.16 Å². The Bertz CT molecular complexity index is 845. The van der Waals surface area contributed by atoms with Gasteiger partial charge in [-0.1, -0.05) is 24.3 Å². The largest absolute Gasteiger partial charge is 0.384 e. The number of thioether (sulfide) groups is 1. The van der Waals surface area contributed by atoms with Gasteiger partial charge in [0.05, 0.1) is 14.1 Å². The van der Waals surface area contributed by atoms with E-state index in [0.29, 0.717) is 0 Å². The Hall–Kier alpha value is -2.53. The van der Waals surface area contributed by atoms with Crippen molar-refractivity contribution in [1.29, 1.82) is 0 Å². The lowest BCUT2D eigenvalue weighted by molar-refractivity contribution is -0.709. The molecular formula is C21H26N4S+2. The number of rotatable bonds is 7. The molecule has 0 radical (unpaired) electrons. The number of hydrogen-bond donors (Lipinski definition) is 1. The lowest BCUT2D eigenvalue weighted by Crippen LogP contribution is -2.28. The molecule has 0 spiro atoms. The number of anilines is 1. The molecule has 3 rings (SSSR count). The molecule has 0 unspecified atom stereocenters. The third kappa shape index (κ3) is 4.99. The zero-order chi connectivity index (χ0) is 18.4. The van der Waals surface area contributed by atoms with Crippen LogP contribution in [0.1, 0.15) is 11.1 Å². The minimum Gasteiger partial charge on any atom is -0.384 e. The third-order valence-corrected chi connectivity index (χ3v) is 5.41. The summed E-state index contributed by atoms with van der Waals surface area (Å²) in [6, 6.07) is 12.8. The Morgan fingerprint density at radius 1 is 0.962 bits per heavy atom. The number of aromatic nitrogens is 3. The van der Waals surface area contributed by atoms with Gasteiger partial charge in [0.1, 0.15) is 19.4 Å². The van der Waals surface area contributed by atoms with Gasteiger partial charge >= 0.3 is 5.16 Å². The topological polar surface area (TPSA) is 24.7 Å². The van der Waals surface area contributed by atoms with Gasteiger partial charge in [0.2, 0.25) is 0 Å². The van der Waals surface area contributed by atoms with E-state index in [1.807, 2.05) is 23.4 Å². The second-order valence-electron chi connectivity index (χ2n) is 6.33. The predicted molar refractivity (Wildman–Crippen MR) is 109 cm³/mol. The summed E-state index contributed by atoms with van der Waals surface area (Å²) >= 11 is 1.86. The summed E-state index contributed by atoms with van der Waals surface area (Å²) < 4.78 is 6.34. The van der Waals surface area contributed by atoms with Crippen molar-refractivity contribution in [3.63, 3.8) is 0 Å². The Kier molecular flexibility index (Phi) is 6.12. The number of imidazole rings is 1. The molecule has 0 fully saturated rings. The van der Waals surface area contributed by atoms with Crippen molar-refractivity contribution in [2.24, 2.45) is 21.1 Å². The molecule has 1 N–H and O–H groups in total. The first-order chi connectivity index (χ1) is 12.6. The SMILES string of the molecule is Cn1cc[n+](C)c1SCCNc1ccc(/C=C/c2cc[n+](C)cc2)cc1. The van der Waals surface area contributed by atoms with Gasteiger partial charge < -0.3 is 5.32 Å². The fourth-order valence-corrected chi connectivity index (χ4v) is 3.56. The first kappa shape index (κ1) is 18.3. The summed E-state index contributed by atoms with van der Waals surface area (Å²) in [5, 5.41) is 4.75. The fourth-order valence-electron chi connectivity index (χ4n) is 2.65. The zero-order valence-corrected chi connectivity index (χ0v) is 16.4. The predicted octanol–water partition coefficient (Wildman–Crippen LogP) is 3.05. The van der Waals surface area contributed by atoms with Crippen molar-refractivity contribution < 1.29 is 9.13 Å². The molecule has 0 saturated heterocycles. The normalized spacial score (nSPS) is 11.2. The highest BCUT2D eigenvalue weighted by Gasteiger charge is 2.10. The van der Waals surface area contributed by atoms with Gasteiger partial charge in [-0.15, -0.1) is 0 Å². The van der Waals surface area contributed by atoms with Crippen LogP contribution in [0.2, 0.25) is 0 Å². The van der Waals surface area contributed by atoms with Gasteiger partial charge in [-0.2, -0.15) is 0 Å². The summed E-state index contributed by atoms with van der Waals surface area (Å²) in [6.45, 7) is 0.937. The van der Waals surface area contributed by atoms with E-state index in [-0.39, 0.29) is 0 Å². The molecule has 0 aliphatic carbocycles. The molecule has 1 aromatic carbocycles. The Balaban J connectivity index is 1.47. The lowest BCUT2D eigenvalue weighted by Gasteiger charge is -2.06. The number of nitrogens with one attached hydrogen (secondary N) is 1. The van der Waals surface area contributed by atoms with Crippen LogP contribution in [0.25, 0.3) is 12.2 Å². The van der Waals surface area contributed by atoms with E-state index in [0.717, 1.165) is 18.0 Å². The second kappa shape index (κ2) is 8.72. The smallest absolute Gasteiger partial charge is 0.317 e. The Morgan fingerprint density at radius 2 is 1.62 bits per heavy atom. The van der Waals surface area contributed by atoms with Crippen LogP contribution < -0.4 is 14.5 Å². The van der Waals surface area contributed by atoms with E-state index in [4.69, 9.17) is 0 Å². The first-order valence-corrected chi connectivity index (χ1v) is 9.71. The minimum absolute atomic E-state index is 0.937. The maximum absolute atomic E-state index is 3.49. The molecule has 0 atom stereocenters. The Labute approximate surface area is 159 Å². The average Bonchev–Trinajstić information content (AvgIpc) is 2.97. The molecule has 0 aliphatic heterocycles. The number of hydrogen-bond acceptors (Lipinski definition) is 2. The van der Waals surface area contributed by atoms with Crippen molar-refractivity contribution in [1.82, 2.24) is 4.57 Å². The van der Waals surface area contributed by atoms with Gasteiger partial charge in [0, 0.05) is 30.1 Å². The average molecular weight is 367 g/mol. The maximum Gasteiger partial charge on any atom is 0.317 e. The number of aryl methyl sites for hydroxylation is 3. The van der Waals surface area contributed by atoms with Gasteiger partial charge in [-0.05, 0) is 35.0 Å². The highest BCUT2D eigenvalue weighted by molar-refractivity contribution is 7.99. The number of benzene rings is 1. The Morgan fingerprint density at radius 3 is 2.23 bits per heavy atom. The van der Waals surface area contributed by atoms with Crippen LogP contribution in [0.5, 0.6) is 0 Å². The summed E-state index contributed by atoms with van der Waals surface area (Å²) in [5.74, 6) is 1.03. The molecule has 0 amide bonds.